The van der Waals surface area contributed by atoms with E-state index in [2.05, 4.69) is 127 Å². The summed E-state index contributed by atoms with van der Waals surface area (Å²) < 4.78 is 13.4. The third kappa shape index (κ3) is 7.19. The van der Waals surface area contributed by atoms with Crippen LogP contribution in [0.15, 0.2) is 30.3 Å². The van der Waals surface area contributed by atoms with Crippen LogP contribution in [0.4, 0.5) is 4.39 Å². The third-order valence-electron chi connectivity index (χ3n) is 6.38. The maximum Gasteiger partial charge on any atom is 0.115 e. The normalized spacial score (nSPS) is 13.0. The molecule has 0 amide bonds. The van der Waals surface area contributed by atoms with Crippen LogP contribution in [-0.4, -0.2) is 0 Å². The fourth-order valence-electron chi connectivity index (χ4n) is 4.04. The quantitative estimate of drug-likeness (QED) is 0.414. The Morgan fingerprint density at radius 3 is 1.28 bits per heavy atom. The van der Waals surface area contributed by atoms with Crippen LogP contribution in [0.1, 0.15) is 122 Å². The summed E-state index contributed by atoms with van der Waals surface area (Å²) in [6.45, 7) is 30.5. The molecule has 32 heavy (non-hydrogen) atoms. The summed E-state index contributed by atoms with van der Waals surface area (Å²) in [6, 6.07) is 11.2. The summed E-state index contributed by atoms with van der Waals surface area (Å²) >= 11 is 0. The van der Waals surface area contributed by atoms with E-state index in [9.17, 15) is 4.39 Å². The fraction of sp³-hybridized carbons (Fsp3) is 0.613. The van der Waals surface area contributed by atoms with E-state index in [-0.39, 0.29) is 28.3 Å². The van der Waals surface area contributed by atoms with E-state index < -0.39 is 0 Å². The highest BCUT2D eigenvalue weighted by atomic mass is 19.1. The number of hydrogen-bond donors (Lipinski definition) is 0. The number of alkyl halides is 1. The van der Waals surface area contributed by atoms with Gasteiger partial charge in [0, 0.05) is 0 Å². The minimum Gasteiger partial charge on any atom is -0.246 e. The first-order valence-corrected chi connectivity index (χ1v) is 12.0. The lowest BCUT2D eigenvalue weighted by Crippen LogP contribution is -2.21. The average molecular weight is 441 g/mol. The van der Waals surface area contributed by atoms with E-state index in [0.29, 0.717) is 0 Å². The zero-order valence-electron chi connectivity index (χ0n) is 23.5. The Balaban J connectivity index is 0.000000330. The molecule has 2 aromatic rings. The van der Waals surface area contributed by atoms with Crippen molar-refractivity contribution in [2.45, 2.75) is 125 Å². The fourth-order valence-corrected chi connectivity index (χ4v) is 4.04. The smallest absolute Gasteiger partial charge is 0.115 e. The van der Waals surface area contributed by atoms with Crippen LogP contribution in [0.5, 0.6) is 0 Å². The molecule has 0 aliphatic rings. The molecule has 0 nitrogen and oxygen atoms in total. The average Bonchev–Trinajstić information content (AvgIpc) is 2.61. The Labute approximate surface area is 199 Å². The van der Waals surface area contributed by atoms with E-state index in [0.717, 1.165) is 16.7 Å². The molecule has 180 valence electrons. The summed E-state index contributed by atoms with van der Waals surface area (Å²) in [6.07, 6.45) is 0. The van der Waals surface area contributed by atoms with E-state index >= 15 is 0 Å². The molecule has 0 unspecified atom stereocenters. The summed E-state index contributed by atoms with van der Waals surface area (Å²) in [4.78, 5) is 0. The van der Waals surface area contributed by atoms with Gasteiger partial charge >= 0.3 is 0 Å². The van der Waals surface area contributed by atoms with Gasteiger partial charge in [-0.3, -0.25) is 0 Å². The van der Waals surface area contributed by atoms with Crippen LogP contribution in [0.2, 0.25) is 0 Å². The monoisotopic (exact) mass is 440 g/mol. The lowest BCUT2D eigenvalue weighted by molar-refractivity contribution is 0.466. The van der Waals surface area contributed by atoms with Crippen molar-refractivity contribution in [2.24, 2.45) is 0 Å². The molecule has 0 heterocycles. The van der Waals surface area contributed by atoms with Gasteiger partial charge < -0.3 is 0 Å². The first-order chi connectivity index (χ1) is 14.2. The molecule has 0 bridgehead atoms. The van der Waals surface area contributed by atoms with Crippen LogP contribution in [-0.2, 0) is 28.3 Å². The molecule has 2 aromatic carbocycles. The van der Waals surface area contributed by atoms with Crippen molar-refractivity contribution < 1.29 is 4.39 Å². The highest BCUT2D eigenvalue weighted by Crippen LogP contribution is 2.36. The van der Waals surface area contributed by atoms with Gasteiger partial charge in [-0.05, 0) is 74.5 Å². The Morgan fingerprint density at radius 2 is 0.969 bits per heavy atom. The number of rotatable bonds is 1. The van der Waals surface area contributed by atoms with Crippen LogP contribution < -0.4 is 0 Å². The third-order valence-corrected chi connectivity index (χ3v) is 6.38. The second kappa shape index (κ2) is 9.70. The second-order valence-corrected chi connectivity index (χ2v) is 13.4. The highest BCUT2D eigenvalue weighted by molar-refractivity contribution is 5.49. The number of benzene rings is 2. The molecule has 0 atom stereocenters. The largest absolute Gasteiger partial charge is 0.246 e. The summed E-state index contributed by atoms with van der Waals surface area (Å²) in [5.41, 5.74) is 9.16. The Morgan fingerprint density at radius 1 is 0.562 bits per heavy atom. The van der Waals surface area contributed by atoms with Crippen molar-refractivity contribution in [3.05, 3.63) is 69.3 Å². The molecule has 2 rings (SSSR count). The molecule has 0 spiro atoms. The molecule has 1 heteroatoms. The zero-order chi connectivity index (χ0) is 25.3. The molecule has 0 saturated heterocycles. The van der Waals surface area contributed by atoms with Crippen LogP contribution in [0.3, 0.4) is 0 Å². The predicted molar refractivity (Wildman–Crippen MR) is 142 cm³/mol. The first-order valence-electron chi connectivity index (χ1n) is 12.0. The molecular weight excluding hydrogens is 391 g/mol. The maximum absolute atomic E-state index is 13.4. The number of halogens is 1. The number of hydrogen-bond acceptors (Lipinski definition) is 0. The Kier molecular flexibility index (Phi) is 8.61. The van der Waals surface area contributed by atoms with Gasteiger partial charge in [-0.1, -0.05) is 113 Å². The Bertz CT molecular complexity index is 874. The van der Waals surface area contributed by atoms with Gasteiger partial charge in [0.05, 0.1) is 0 Å². The van der Waals surface area contributed by atoms with E-state index in [1.54, 1.807) is 0 Å². The van der Waals surface area contributed by atoms with Crippen LogP contribution in [0.25, 0.3) is 0 Å². The van der Waals surface area contributed by atoms with Crippen molar-refractivity contribution in [1.82, 2.24) is 0 Å². The zero-order valence-corrected chi connectivity index (χ0v) is 23.5. The predicted octanol–water partition coefficient (Wildman–Crippen LogP) is 9.65. The summed E-state index contributed by atoms with van der Waals surface area (Å²) in [5.74, 6) is 0. The van der Waals surface area contributed by atoms with E-state index in [1.165, 1.54) is 22.3 Å². The van der Waals surface area contributed by atoms with Gasteiger partial charge in [-0.2, -0.15) is 0 Å². The first kappa shape index (κ1) is 28.4. The summed E-state index contributed by atoms with van der Waals surface area (Å²) in [5, 5.41) is 0. The molecule has 0 fully saturated rings. The highest BCUT2D eigenvalue weighted by Gasteiger charge is 2.26. The summed E-state index contributed by atoms with van der Waals surface area (Å²) in [7, 11) is 0. The van der Waals surface area contributed by atoms with Crippen molar-refractivity contribution in [3.8, 4) is 0 Å². The maximum atomic E-state index is 13.4. The van der Waals surface area contributed by atoms with Crippen LogP contribution >= 0.6 is 0 Å². The molecule has 0 aliphatic heterocycles. The molecule has 0 N–H and O–H groups in total. The van der Waals surface area contributed by atoms with Gasteiger partial charge in [-0.15, -0.1) is 0 Å². The lowest BCUT2D eigenvalue weighted by atomic mass is 9.75. The lowest BCUT2D eigenvalue weighted by Gasteiger charge is -2.30. The van der Waals surface area contributed by atoms with Crippen LogP contribution in [0, 0.1) is 13.8 Å². The SMILES string of the molecule is CC(C)(C)c1cccc(C(C)(C)C)c1.Cc1c(C(C)(C)C)cc(C(C)(C)C)c(CF)c1C. The molecule has 0 aromatic heterocycles. The minimum absolute atomic E-state index is 0.0140. The van der Waals surface area contributed by atoms with Gasteiger partial charge in [-0.25, -0.2) is 4.39 Å². The van der Waals surface area contributed by atoms with E-state index in [1.807, 2.05) is 0 Å². The van der Waals surface area contributed by atoms with Gasteiger partial charge in [0.1, 0.15) is 6.67 Å². The van der Waals surface area contributed by atoms with Crippen molar-refractivity contribution >= 4 is 0 Å². The van der Waals surface area contributed by atoms with E-state index in [4.69, 9.17) is 0 Å². The van der Waals surface area contributed by atoms with Crippen molar-refractivity contribution in [3.63, 3.8) is 0 Å². The van der Waals surface area contributed by atoms with Gasteiger partial charge in [0.25, 0.3) is 0 Å². The molecule has 0 saturated carbocycles. The van der Waals surface area contributed by atoms with Gasteiger partial charge in [0.15, 0.2) is 0 Å². The topological polar surface area (TPSA) is 0 Å². The Hall–Kier alpha value is -1.63. The minimum atomic E-state index is -0.371. The van der Waals surface area contributed by atoms with Gasteiger partial charge in [0.2, 0.25) is 0 Å². The second-order valence-electron chi connectivity index (χ2n) is 13.4. The van der Waals surface area contributed by atoms with Crippen molar-refractivity contribution in [1.29, 1.82) is 0 Å². The molecule has 0 radical (unpaired) electrons. The molecule has 0 aliphatic carbocycles. The standard InChI is InChI=1S/C17H27F.C14H22/c1-11-12(2)14(16(3,4)5)9-15(13(11)10-18)17(6,7)8;1-13(2,3)11-8-7-9-12(10-11)14(4,5)6/h9H,10H2,1-8H3;7-10H,1-6H3. The van der Waals surface area contributed by atoms with Crippen molar-refractivity contribution in [2.75, 3.05) is 0 Å². The molecular formula is C31H49F.